The summed E-state index contributed by atoms with van der Waals surface area (Å²) in [4.78, 5) is 11.2. The van der Waals surface area contributed by atoms with Gasteiger partial charge in [-0.2, -0.15) is 0 Å². The highest BCUT2D eigenvalue weighted by Crippen LogP contribution is 2.07. The number of carbonyl (C=O) groups excluding carboxylic acids is 1. The Balaban J connectivity index is 3.71. The number of amides is 1. The van der Waals surface area contributed by atoms with E-state index in [0.717, 1.165) is 0 Å². The van der Waals surface area contributed by atoms with E-state index in [2.05, 4.69) is 22.4 Å². The molecule has 1 N–H and O–H groups in total. The molecule has 1 atom stereocenters. The van der Waals surface area contributed by atoms with Gasteiger partial charge in [-0.05, 0) is 47.0 Å². The molecular weight excluding hydrogens is 202 g/mol. The highest BCUT2D eigenvalue weighted by Gasteiger charge is 2.17. The van der Waals surface area contributed by atoms with Crippen LogP contribution in [0.1, 0.15) is 34.1 Å². The number of hydrogen-bond acceptors (Lipinski definition) is 4. The summed E-state index contributed by atoms with van der Waals surface area (Å²) in [6.07, 6.45) is 0.312. The van der Waals surface area contributed by atoms with Gasteiger partial charge >= 0.3 is 6.09 Å². The zero-order valence-corrected chi connectivity index (χ0v) is 10.1. The van der Waals surface area contributed by atoms with Gasteiger partial charge in [-0.3, -0.25) is 0 Å². The Morgan fingerprint density at radius 1 is 1.50 bits per heavy atom. The van der Waals surface area contributed by atoms with E-state index in [1.807, 2.05) is 27.7 Å². The first kappa shape index (κ1) is 13.6. The summed E-state index contributed by atoms with van der Waals surface area (Å²) >= 11 is 3.61. The van der Waals surface area contributed by atoms with Crippen LogP contribution in [0.15, 0.2) is 0 Å². The van der Waals surface area contributed by atoms with Crippen LogP contribution >= 0.6 is 12.9 Å². The van der Waals surface area contributed by atoms with Gasteiger partial charge in [0.05, 0.1) is 6.61 Å². The lowest BCUT2D eigenvalue weighted by Crippen LogP contribution is -2.38. The van der Waals surface area contributed by atoms with Crippen molar-refractivity contribution in [1.82, 2.24) is 5.32 Å². The summed E-state index contributed by atoms with van der Waals surface area (Å²) < 4.78 is 9.68. The lowest BCUT2D eigenvalue weighted by molar-refractivity contribution is 0.0504. The van der Waals surface area contributed by atoms with Gasteiger partial charge < -0.3 is 14.2 Å². The number of carbonyl (C=O) groups is 1. The molecule has 14 heavy (non-hydrogen) atoms. The van der Waals surface area contributed by atoms with Crippen LogP contribution in [-0.2, 0) is 8.92 Å². The second-order valence-electron chi connectivity index (χ2n) is 4.17. The molecule has 0 saturated heterocycles. The number of thiol groups is 1. The summed E-state index contributed by atoms with van der Waals surface area (Å²) in [6.45, 7) is 7.87. The number of hydrogen-bond donors (Lipinski definition) is 2. The third-order valence-electron chi connectivity index (χ3n) is 1.41. The van der Waals surface area contributed by atoms with E-state index < -0.39 is 11.7 Å². The van der Waals surface area contributed by atoms with Crippen molar-refractivity contribution in [1.29, 1.82) is 0 Å². The first-order valence-electron chi connectivity index (χ1n) is 4.61. The summed E-state index contributed by atoms with van der Waals surface area (Å²) in [7, 11) is 0. The van der Waals surface area contributed by atoms with Crippen LogP contribution in [0.2, 0.25) is 0 Å². The van der Waals surface area contributed by atoms with E-state index in [4.69, 9.17) is 4.74 Å². The molecule has 0 aliphatic heterocycles. The maximum absolute atomic E-state index is 11.2. The van der Waals surface area contributed by atoms with E-state index in [1.165, 1.54) is 0 Å². The standard InChI is InChI=1S/C9H19NO3S/c1-7(5-6-12-14)10-8(11)13-9(2,3)4/h7,14H,5-6H2,1-4H3,(H,10,11). The minimum absolute atomic E-state index is 0.0250. The van der Waals surface area contributed by atoms with Crippen LogP contribution in [0.25, 0.3) is 0 Å². The van der Waals surface area contributed by atoms with Crippen LogP contribution < -0.4 is 5.32 Å². The fourth-order valence-electron chi connectivity index (χ4n) is 0.810. The van der Waals surface area contributed by atoms with Crippen molar-refractivity contribution in [2.24, 2.45) is 0 Å². The Labute approximate surface area is 91.0 Å². The Morgan fingerprint density at radius 3 is 2.50 bits per heavy atom. The molecule has 84 valence electrons. The molecule has 0 aliphatic carbocycles. The molecule has 0 fully saturated rings. The maximum atomic E-state index is 11.2. The van der Waals surface area contributed by atoms with Crippen LogP contribution in [0.5, 0.6) is 0 Å². The normalized spacial score (nSPS) is 13.5. The molecule has 4 nitrogen and oxygen atoms in total. The number of ether oxygens (including phenoxy) is 1. The second-order valence-corrected chi connectivity index (χ2v) is 4.43. The van der Waals surface area contributed by atoms with E-state index in [1.54, 1.807) is 0 Å². The summed E-state index contributed by atoms with van der Waals surface area (Å²) in [5.74, 6) is 0. The van der Waals surface area contributed by atoms with Crippen molar-refractivity contribution < 1.29 is 13.7 Å². The van der Waals surface area contributed by atoms with Gasteiger partial charge in [0.2, 0.25) is 0 Å². The van der Waals surface area contributed by atoms with Gasteiger partial charge in [0.15, 0.2) is 0 Å². The molecule has 0 saturated carbocycles. The molecule has 0 rings (SSSR count). The van der Waals surface area contributed by atoms with Crippen molar-refractivity contribution in [2.45, 2.75) is 45.8 Å². The van der Waals surface area contributed by atoms with E-state index in [9.17, 15) is 4.79 Å². The van der Waals surface area contributed by atoms with Gasteiger partial charge in [0.25, 0.3) is 0 Å². The molecule has 1 amide bonds. The zero-order valence-electron chi connectivity index (χ0n) is 9.16. The average molecular weight is 221 g/mol. The van der Waals surface area contributed by atoms with E-state index in [0.29, 0.717) is 13.0 Å². The third kappa shape index (κ3) is 8.19. The fraction of sp³-hybridized carbons (Fsp3) is 0.889. The van der Waals surface area contributed by atoms with E-state index >= 15 is 0 Å². The molecule has 5 heteroatoms. The zero-order chi connectivity index (χ0) is 11.2. The van der Waals surface area contributed by atoms with Crippen molar-refractivity contribution >= 4 is 19.0 Å². The van der Waals surface area contributed by atoms with E-state index in [-0.39, 0.29) is 6.04 Å². The molecule has 1 unspecified atom stereocenters. The largest absolute Gasteiger partial charge is 0.444 e. The highest BCUT2D eigenvalue weighted by atomic mass is 32.1. The Hall–Kier alpha value is -0.420. The Morgan fingerprint density at radius 2 is 2.07 bits per heavy atom. The monoisotopic (exact) mass is 221 g/mol. The molecule has 0 radical (unpaired) electrons. The van der Waals surface area contributed by atoms with Gasteiger partial charge in [0, 0.05) is 6.04 Å². The molecule has 0 spiro atoms. The predicted molar refractivity (Wildman–Crippen MR) is 58.4 cm³/mol. The first-order valence-corrected chi connectivity index (χ1v) is 4.97. The maximum Gasteiger partial charge on any atom is 0.407 e. The Kier molecular flexibility index (Phi) is 5.95. The molecule has 0 aromatic rings. The van der Waals surface area contributed by atoms with Gasteiger partial charge in [-0.15, -0.1) is 0 Å². The number of nitrogens with one attached hydrogen (secondary N) is 1. The van der Waals surface area contributed by atoms with Gasteiger partial charge in [0.1, 0.15) is 5.60 Å². The summed E-state index contributed by atoms with van der Waals surface area (Å²) in [5, 5.41) is 2.70. The predicted octanol–water partition coefficient (Wildman–Crippen LogP) is 2.15. The van der Waals surface area contributed by atoms with Crippen LogP contribution in [0.4, 0.5) is 4.79 Å². The van der Waals surface area contributed by atoms with Gasteiger partial charge in [-0.1, -0.05) is 0 Å². The molecule has 0 bridgehead atoms. The average Bonchev–Trinajstić information content (AvgIpc) is 1.96. The minimum atomic E-state index is -0.455. The summed E-state index contributed by atoms with van der Waals surface area (Å²) in [6, 6.07) is 0.0250. The topological polar surface area (TPSA) is 47.6 Å². The SMILES string of the molecule is CC(CCOS)NC(=O)OC(C)(C)C. The van der Waals surface area contributed by atoms with Gasteiger partial charge in [-0.25, -0.2) is 4.79 Å². The smallest absolute Gasteiger partial charge is 0.407 e. The number of alkyl carbamates (subject to hydrolysis) is 1. The highest BCUT2D eigenvalue weighted by molar-refractivity contribution is 7.75. The molecule has 0 aromatic heterocycles. The molecular formula is C9H19NO3S. The minimum Gasteiger partial charge on any atom is -0.444 e. The molecule has 0 aromatic carbocycles. The quantitative estimate of drug-likeness (QED) is 0.565. The fourth-order valence-corrected chi connectivity index (χ4v) is 0.916. The molecule has 0 aliphatic rings. The lowest BCUT2D eigenvalue weighted by atomic mass is 10.2. The third-order valence-corrected chi connectivity index (χ3v) is 1.59. The van der Waals surface area contributed by atoms with Crippen molar-refractivity contribution in [3.8, 4) is 0 Å². The van der Waals surface area contributed by atoms with Crippen molar-refractivity contribution in [2.75, 3.05) is 6.61 Å². The number of rotatable bonds is 4. The summed E-state index contributed by atoms with van der Waals surface area (Å²) in [5.41, 5.74) is -0.455. The van der Waals surface area contributed by atoms with Crippen molar-refractivity contribution in [3.63, 3.8) is 0 Å². The van der Waals surface area contributed by atoms with Crippen LogP contribution in [-0.4, -0.2) is 24.3 Å². The lowest BCUT2D eigenvalue weighted by Gasteiger charge is -2.21. The van der Waals surface area contributed by atoms with Crippen LogP contribution in [0, 0.1) is 0 Å². The van der Waals surface area contributed by atoms with Crippen LogP contribution in [0.3, 0.4) is 0 Å². The molecule has 0 heterocycles. The first-order chi connectivity index (χ1) is 6.35. The second kappa shape index (κ2) is 6.14. The Bertz CT molecular complexity index is 179. The van der Waals surface area contributed by atoms with Crippen molar-refractivity contribution in [3.05, 3.63) is 0 Å².